The van der Waals surface area contributed by atoms with Crippen molar-refractivity contribution in [2.24, 2.45) is 4.99 Å². The number of nitrogens with one attached hydrogen (secondary N) is 1. The van der Waals surface area contributed by atoms with Gasteiger partial charge in [-0.2, -0.15) is 0 Å². The third-order valence-corrected chi connectivity index (χ3v) is 1.71. The van der Waals surface area contributed by atoms with Crippen molar-refractivity contribution in [1.82, 2.24) is 5.32 Å². The van der Waals surface area contributed by atoms with Gasteiger partial charge >= 0.3 is 0 Å². The van der Waals surface area contributed by atoms with E-state index in [4.69, 9.17) is 0 Å². The zero-order chi connectivity index (χ0) is 7.40. The summed E-state index contributed by atoms with van der Waals surface area (Å²) in [5, 5.41) is 3.04. The Kier molecular flexibility index (Phi) is 2.49. The van der Waals surface area contributed by atoms with Crippen molar-refractivity contribution >= 4 is 5.71 Å². The van der Waals surface area contributed by atoms with Crippen LogP contribution < -0.4 is 5.32 Å². The molecule has 0 aliphatic carbocycles. The van der Waals surface area contributed by atoms with Gasteiger partial charge in [-0.05, 0) is 25.3 Å². The van der Waals surface area contributed by atoms with Crippen LogP contribution in [0.2, 0.25) is 0 Å². The second kappa shape index (κ2) is 3.40. The highest BCUT2D eigenvalue weighted by atomic mass is 15.0. The van der Waals surface area contributed by atoms with E-state index in [1.54, 1.807) is 0 Å². The molecule has 0 bridgehead atoms. The van der Waals surface area contributed by atoms with Gasteiger partial charge in [-0.3, -0.25) is 0 Å². The molecule has 1 aliphatic rings. The summed E-state index contributed by atoms with van der Waals surface area (Å²) in [6.07, 6.45) is 5.50. The fourth-order valence-electron chi connectivity index (χ4n) is 1.06. The molecule has 0 unspecified atom stereocenters. The molecule has 56 valence electrons. The van der Waals surface area contributed by atoms with Crippen LogP contribution in [-0.2, 0) is 0 Å². The molecule has 10 heavy (non-hydrogen) atoms. The molecule has 0 saturated carbocycles. The van der Waals surface area contributed by atoms with Crippen LogP contribution in [0.15, 0.2) is 16.9 Å². The predicted octanol–water partition coefficient (Wildman–Crippen LogP) is 1.69. The molecule has 0 radical (unpaired) electrons. The Labute approximate surface area is 62.0 Å². The predicted molar refractivity (Wildman–Crippen MR) is 44.1 cm³/mol. The zero-order valence-corrected chi connectivity index (χ0v) is 6.65. The van der Waals surface area contributed by atoms with Crippen LogP contribution in [0.4, 0.5) is 0 Å². The Morgan fingerprint density at radius 3 is 3.10 bits per heavy atom. The number of hydrogen-bond donors (Lipinski definition) is 1. The van der Waals surface area contributed by atoms with Crippen LogP contribution in [0.1, 0.15) is 26.2 Å². The lowest BCUT2D eigenvalue weighted by molar-refractivity contribution is 0.887. The lowest BCUT2D eigenvalue weighted by atomic mass is 10.1. The maximum Gasteiger partial charge on any atom is 0.121 e. The molecule has 1 N–H and O–H groups in total. The fraction of sp³-hybridized carbons (Fsp3) is 0.625. The van der Waals surface area contributed by atoms with Crippen molar-refractivity contribution in [2.45, 2.75) is 26.2 Å². The second-order valence-electron chi connectivity index (χ2n) is 2.41. The molecule has 1 rings (SSSR count). The minimum atomic E-state index is 1.03. The second-order valence-corrected chi connectivity index (χ2v) is 2.41. The molecule has 2 heteroatoms. The smallest absolute Gasteiger partial charge is 0.121 e. The summed E-state index contributed by atoms with van der Waals surface area (Å²) in [4.78, 5) is 4.39. The number of nitrogens with zero attached hydrogens (tertiary/aromatic N) is 1. The Bertz CT molecular complexity index is 168. The van der Waals surface area contributed by atoms with E-state index < -0.39 is 0 Å². The van der Waals surface area contributed by atoms with Gasteiger partial charge in [0.15, 0.2) is 0 Å². The summed E-state index contributed by atoms with van der Waals surface area (Å²) < 4.78 is 0. The third-order valence-electron chi connectivity index (χ3n) is 1.71. The van der Waals surface area contributed by atoms with Crippen LogP contribution in [0.3, 0.4) is 0 Å². The van der Waals surface area contributed by atoms with Gasteiger partial charge in [0.1, 0.15) is 5.82 Å². The Morgan fingerprint density at radius 2 is 2.50 bits per heavy atom. The lowest BCUT2D eigenvalue weighted by Crippen LogP contribution is -2.10. The first-order valence-electron chi connectivity index (χ1n) is 3.81. The van der Waals surface area contributed by atoms with Gasteiger partial charge in [0, 0.05) is 12.8 Å². The Balaban J connectivity index is 2.61. The van der Waals surface area contributed by atoms with Gasteiger partial charge in [-0.15, -0.1) is 0 Å². The topological polar surface area (TPSA) is 24.4 Å². The summed E-state index contributed by atoms with van der Waals surface area (Å²) in [6, 6.07) is 0. The zero-order valence-electron chi connectivity index (χ0n) is 6.65. The van der Waals surface area contributed by atoms with Crippen molar-refractivity contribution in [1.29, 1.82) is 0 Å². The van der Waals surface area contributed by atoms with E-state index in [1.807, 2.05) is 7.05 Å². The summed E-state index contributed by atoms with van der Waals surface area (Å²) in [6.45, 7) is 2.15. The van der Waals surface area contributed by atoms with Gasteiger partial charge in [0.2, 0.25) is 0 Å². The molecule has 0 spiro atoms. The minimum Gasteiger partial charge on any atom is -0.373 e. The van der Waals surface area contributed by atoms with Crippen LogP contribution in [0, 0.1) is 0 Å². The minimum absolute atomic E-state index is 1.03. The van der Waals surface area contributed by atoms with Gasteiger partial charge in [-0.25, -0.2) is 4.99 Å². The van der Waals surface area contributed by atoms with E-state index in [0.29, 0.717) is 0 Å². The van der Waals surface area contributed by atoms with E-state index in [1.165, 1.54) is 5.71 Å². The van der Waals surface area contributed by atoms with Crippen molar-refractivity contribution in [3.05, 3.63) is 11.9 Å². The first-order valence-corrected chi connectivity index (χ1v) is 3.81. The molecule has 0 fully saturated rings. The molecule has 0 amide bonds. The Morgan fingerprint density at radius 1 is 1.70 bits per heavy atom. The van der Waals surface area contributed by atoms with Gasteiger partial charge < -0.3 is 5.32 Å². The van der Waals surface area contributed by atoms with Crippen LogP contribution in [0.5, 0.6) is 0 Å². The molecule has 0 saturated heterocycles. The largest absolute Gasteiger partial charge is 0.373 e. The number of aliphatic imine (C=N–C) groups is 1. The highest BCUT2D eigenvalue weighted by Crippen LogP contribution is 2.09. The van der Waals surface area contributed by atoms with Crippen LogP contribution in [-0.4, -0.2) is 12.8 Å². The molecule has 0 aromatic heterocycles. The first kappa shape index (κ1) is 7.32. The number of allylic oxidation sites excluding steroid dienone is 1. The van der Waals surface area contributed by atoms with E-state index in [2.05, 4.69) is 23.3 Å². The Hall–Kier alpha value is -0.790. The van der Waals surface area contributed by atoms with E-state index in [0.717, 1.165) is 25.1 Å². The average molecular weight is 138 g/mol. The molecule has 0 aromatic carbocycles. The van der Waals surface area contributed by atoms with Crippen molar-refractivity contribution in [3.63, 3.8) is 0 Å². The average Bonchev–Trinajstić information content (AvgIpc) is 2.05. The maximum atomic E-state index is 4.39. The monoisotopic (exact) mass is 138 g/mol. The van der Waals surface area contributed by atoms with Crippen LogP contribution >= 0.6 is 0 Å². The van der Waals surface area contributed by atoms with Crippen molar-refractivity contribution < 1.29 is 0 Å². The molecule has 1 aliphatic heterocycles. The number of hydrogen-bond acceptors (Lipinski definition) is 2. The van der Waals surface area contributed by atoms with Crippen molar-refractivity contribution in [3.8, 4) is 0 Å². The third kappa shape index (κ3) is 1.59. The fourth-order valence-corrected chi connectivity index (χ4v) is 1.06. The summed E-state index contributed by atoms with van der Waals surface area (Å²) in [7, 11) is 1.91. The summed E-state index contributed by atoms with van der Waals surface area (Å²) in [5.74, 6) is 1.03. The van der Waals surface area contributed by atoms with Gasteiger partial charge in [0.05, 0.1) is 0 Å². The van der Waals surface area contributed by atoms with Gasteiger partial charge in [-0.1, -0.05) is 6.92 Å². The summed E-state index contributed by atoms with van der Waals surface area (Å²) >= 11 is 0. The molecule has 1 heterocycles. The van der Waals surface area contributed by atoms with E-state index >= 15 is 0 Å². The maximum absolute atomic E-state index is 4.39. The lowest BCUT2D eigenvalue weighted by Gasteiger charge is -2.10. The SMILES string of the molecule is CCC1=NC(NC)=CCC1. The van der Waals surface area contributed by atoms with Gasteiger partial charge in [0.25, 0.3) is 0 Å². The van der Waals surface area contributed by atoms with Crippen LogP contribution in [0.25, 0.3) is 0 Å². The first-order chi connectivity index (χ1) is 4.86. The molecule has 0 atom stereocenters. The van der Waals surface area contributed by atoms with E-state index in [9.17, 15) is 0 Å². The normalized spacial score (nSPS) is 17.8. The molecule has 2 nitrogen and oxygen atoms in total. The van der Waals surface area contributed by atoms with Crippen molar-refractivity contribution in [2.75, 3.05) is 7.05 Å². The molecular formula is C8H14N2. The highest BCUT2D eigenvalue weighted by Gasteiger charge is 2.02. The van der Waals surface area contributed by atoms with E-state index in [-0.39, 0.29) is 0 Å². The molecule has 0 aromatic rings. The highest BCUT2D eigenvalue weighted by molar-refractivity contribution is 5.85. The standard InChI is InChI=1S/C8H14N2/c1-3-7-5-4-6-8(9-2)10-7/h6,9H,3-5H2,1-2H3. The summed E-state index contributed by atoms with van der Waals surface area (Å²) in [5.41, 5.74) is 1.31. The molecular weight excluding hydrogens is 124 g/mol. The quantitative estimate of drug-likeness (QED) is 0.617. The number of rotatable bonds is 2.